The predicted molar refractivity (Wildman–Crippen MR) is 50.7 cm³/mol. The summed E-state index contributed by atoms with van der Waals surface area (Å²) in [6.07, 6.45) is 7.08. The molecule has 2 aliphatic rings. The fourth-order valence-corrected chi connectivity index (χ4v) is 2.01. The summed E-state index contributed by atoms with van der Waals surface area (Å²) in [5.41, 5.74) is 3.61. The van der Waals surface area contributed by atoms with Crippen LogP contribution in [0.5, 0.6) is 0 Å². The normalized spacial score (nSPS) is 28.8. The minimum atomic E-state index is 0.725. The van der Waals surface area contributed by atoms with Crippen LogP contribution in [-0.2, 0) is 0 Å². The molecule has 70 valence electrons. The number of rotatable bonds is 3. The lowest BCUT2D eigenvalue weighted by atomic mass is 10.1. The Hall–Kier alpha value is -0.0800. The van der Waals surface area contributed by atoms with Crippen LogP contribution in [0, 0.1) is 5.92 Å². The Balaban J connectivity index is 1.69. The molecule has 2 rings (SSSR count). The number of hydrazine groups is 1. The zero-order valence-electron chi connectivity index (χ0n) is 8.05. The first-order valence-electron chi connectivity index (χ1n) is 5.37. The molecule has 2 fully saturated rings. The Bertz CT molecular complexity index is 137. The molecule has 0 aromatic rings. The highest BCUT2D eigenvalue weighted by atomic mass is 15.5. The Morgan fingerprint density at radius 3 is 2.42 bits per heavy atom. The first-order chi connectivity index (χ1) is 5.86. The molecule has 1 unspecified atom stereocenters. The van der Waals surface area contributed by atoms with Crippen LogP contribution in [0.15, 0.2) is 0 Å². The number of hydrogen-bond donors (Lipinski definition) is 1. The molecule has 1 N–H and O–H groups in total. The summed E-state index contributed by atoms with van der Waals surface area (Å²) in [6.45, 7) is 4.85. The Morgan fingerprint density at radius 1 is 1.17 bits per heavy atom. The van der Waals surface area contributed by atoms with Crippen molar-refractivity contribution in [3.63, 3.8) is 0 Å². The van der Waals surface area contributed by atoms with E-state index in [9.17, 15) is 0 Å². The van der Waals surface area contributed by atoms with E-state index in [0.29, 0.717) is 0 Å². The van der Waals surface area contributed by atoms with Crippen LogP contribution in [0.25, 0.3) is 0 Å². The van der Waals surface area contributed by atoms with Crippen LogP contribution in [0.3, 0.4) is 0 Å². The van der Waals surface area contributed by atoms with E-state index in [1.54, 1.807) is 0 Å². The molecule has 0 aromatic heterocycles. The maximum atomic E-state index is 3.61. The average Bonchev–Trinajstić information content (AvgIpc) is 2.88. The molecule has 1 saturated carbocycles. The highest BCUT2D eigenvalue weighted by molar-refractivity contribution is 4.82. The van der Waals surface area contributed by atoms with Crippen LogP contribution in [-0.4, -0.2) is 24.1 Å². The van der Waals surface area contributed by atoms with Crippen LogP contribution >= 0.6 is 0 Å². The molecule has 0 spiro atoms. The smallest absolute Gasteiger partial charge is 0.0215 e. The summed E-state index contributed by atoms with van der Waals surface area (Å²) in [4.78, 5) is 0. The van der Waals surface area contributed by atoms with E-state index in [0.717, 1.165) is 12.0 Å². The Morgan fingerprint density at radius 2 is 1.83 bits per heavy atom. The second-order valence-electron chi connectivity index (χ2n) is 4.30. The molecule has 0 amide bonds. The molecule has 1 atom stereocenters. The number of hydrogen-bond acceptors (Lipinski definition) is 2. The van der Waals surface area contributed by atoms with Crippen molar-refractivity contribution in [3.05, 3.63) is 0 Å². The lowest BCUT2D eigenvalue weighted by Crippen LogP contribution is -2.46. The monoisotopic (exact) mass is 168 g/mol. The van der Waals surface area contributed by atoms with E-state index in [1.807, 2.05) is 0 Å². The SMILES string of the molecule is CC(NN1CCCCC1)C1CC1. The highest BCUT2D eigenvalue weighted by Gasteiger charge is 2.28. The second kappa shape index (κ2) is 3.75. The molecular formula is C10H20N2. The molecule has 1 saturated heterocycles. The first-order valence-corrected chi connectivity index (χ1v) is 5.37. The van der Waals surface area contributed by atoms with Gasteiger partial charge in [0.15, 0.2) is 0 Å². The van der Waals surface area contributed by atoms with Crippen molar-refractivity contribution >= 4 is 0 Å². The molecule has 0 radical (unpaired) electrons. The zero-order valence-corrected chi connectivity index (χ0v) is 8.05. The molecule has 12 heavy (non-hydrogen) atoms. The summed E-state index contributed by atoms with van der Waals surface area (Å²) in [5.74, 6) is 0.979. The van der Waals surface area contributed by atoms with Crippen molar-refractivity contribution in [3.8, 4) is 0 Å². The van der Waals surface area contributed by atoms with E-state index in [-0.39, 0.29) is 0 Å². The van der Waals surface area contributed by atoms with Gasteiger partial charge in [0, 0.05) is 19.1 Å². The molecule has 1 heterocycles. The number of nitrogens with one attached hydrogen (secondary N) is 1. The molecule has 1 aliphatic heterocycles. The third-order valence-corrected chi connectivity index (χ3v) is 3.07. The fourth-order valence-electron chi connectivity index (χ4n) is 2.01. The lowest BCUT2D eigenvalue weighted by Gasteiger charge is -2.30. The van der Waals surface area contributed by atoms with Gasteiger partial charge in [-0.2, -0.15) is 0 Å². The summed E-state index contributed by atoms with van der Waals surface area (Å²) in [7, 11) is 0. The largest absolute Gasteiger partial charge is 0.252 e. The van der Waals surface area contributed by atoms with Gasteiger partial charge in [0.1, 0.15) is 0 Å². The van der Waals surface area contributed by atoms with Gasteiger partial charge in [0.2, 0.25) is 0 Å². The second-order valence-corrected chi connectivity index (χ2v) is 4.30. The molecule has 0 aromatic carbocycles. The van der Waals surface area contributed by atoms with Gasteiger partial charge in [-0.25, -0.2) is 5.01 Å². The van der Waals surface area contributed by atoms with Gasteiger partial charge in [0.25, 0.3) is 0 Å². The summed E-state index contributed by atoms with van der Waals surface area (Å²) < 4.78 is 0. The van der Waals surface area contributed by atoms with E-state index in [1.165, 1.54) is 45.2 Å². The first kappa shape index (κ1) is 8.52. The molecule has 2 nitrogen and oxygen atoms in total. The van der Waals surface area contributed by atoms with Gasteiger partial charge in [-0.3, -0.25) is 5.43 Å². The highest BCUT2D eigenvalue weighted by Crippen LogP contribution is 2.32. The summed E-state index contributed by atoms with van der Waals surface area (Å²) >= 11 is 0. The van der Waals surface area contributed by atoms with E-state index in [2.05, 4.69) is 17.4 Å². The van der Waals surface area contributed by atoms with Crippen molar-refractivity contribution in [2.75, 3.05) is 13.1 Å². The standard InChI is InChI=1S/C10H20N2/c1-9(10-5-6-10)11-12-7-3-2-4-8-12/h9-11H,2-8H2,1H3. The van der Waals surface area contributed by atoms with Crippen molar-refractivity contribution in [1.82, 2.24) is 10.4 Å². The van der Waals surface area contributed by atoms with Gasteiger partial charge in [0.05, 0.1) is 0 Å². The Labute approximate surface area is 75.3 Å². The summed E-state index contributed by atoms with van der Waals surface area (Å²) in [5, 5.41) is 2.42. The fraction of sp³-hybridized carbons (Fsp3) is 1.00. The van der Waals surface area contributed by atoms with Crippen molar-refractivity contribution in [1.29, 1.82) is 0 Å². The predicted octanol–water partition coefficient (Wildman–Crippen LogP) is 1.78. The molecule has 1 aliphatic carbocycles. The third-order valence-electron chi connectivity index (χ3n) is 3.07. The van der Waals surface area contributed by atoms with Crippen LogP contribution in [0.1, 0.15) is 39.0 Å². The maximum absolute atomic E-state index is 3.61. The average molecular weight is 168 g/mol. The zero-order chi connectivity index (χ0) is 8.39. The molecule has 0 bridgehead atoms. The molecule has 2 heteroatoms. The minimum absolute atomic E-state index is 0.725. The minimum Gasteiger partial charge on any atom is -0.252 e. The van der Waals surface area contributed by atoms with Gasteiger partial charge in [-0.1, -0.05) is 6.42 Å². The maximum Gasteiger partial charge on any atom is 0.0215 e. The van der Waals surface area contributed by atoms with Crippen molar-refractivity contribution in [2.45, 2.75) is 45.1 Å². The van der Waals surface area contributed by atoms with E-state index < -0.39 is 0 Å². The van der Waals surface area contributed by atoms with Crippen LogP contribution in [0.4, 0.5) is 0 Å². The number of nitrogens with zero attached hydrogens (tertiary/aromatic N) is 1. The van der Waals surface area contributed by atoms with Crippen LogP contribution in [0.2, 0.25) is 0 Å². The van der Waals surface area contributed by atoms with Gasteiger partial charge >= 0.3 is 0 Å². The van der Waals surface area contributed by atoms with E-state index in [4.69, 9.17) is 0 Å². The van der Waals surface area contributed by atoms with Gasteiger partial charge < -0.3 is 0 Å². The van der Waals surface area contributed by atoms with Gasteiger partial charge in [-0.15, -0.1) is 0 Å². The van der Waals surface area contributed by atoms with E-state index >= 15 is 0 Å². The quantitative estimate of drug-likeness (QED) is 0.691. The molecular weight excluding hydrogens is 148 g/mol. The topological polar surface area (TPSA) is 15.3 Å². The Kier molecular flexibility index (Phi) is 2.66. The van der Waals surface area contributed by atoms with Gasteiger partial charge in [-0.05, 0) is 38.5 Å². The van der Waals surface area contributed by atoms with Crippen molar-refractivity contribution < 1.29 is 0 Å². The lowest BCUT2D eigenvalue weighted by molar-refractivity contribution is 0.126. The van der Waals surface area contributed by atoms with Crippen molar-refractivity contribution in [2.24, 2.45) is 5.92 Å². The summed E-state index contributed by atoms with van der Waals surface area (Å²) in [6, 6.07) is 0.725. The third kappa shape index (κ3) is 2.20. The number of piperidine rings is 1. The van der Waals surface area contributed by atoms with Crippen LogP contribution < -0.4 is 5.43 Å².